The van der Waals surface area contributed by atoms with Crippen LogP contribution >= 0.6 is 0 Å². The molecule has 0 bridgehead atoms. The topological polar surface area (TPSA) is 99.7 Å². The van der Waals surface area contributed by atoms with Gasteiger partial charge in [0.05, 0.1) is 11.6 Å². The molecule has 3 aromatic rings. The zero-order chi connectivity index (χ0) is 41.8. The average molecular weight is 781 g/mol. The molecule has 0 saturated carbocycles. The SMILES string of the molecule is CCN(CC)c1ccc2c(c1)Oc1cc(N(CC)CC)ccc1C2c1ccccc1C(=O)O[C@@H](C)C(=O)N1CCC[C@H]1C(=O)N(C)[C@@H](CC(C)C)C(=O)C(C)(C)C. The summed E-state index contributed by atoms with van der Waals surface area (Å²) in [6, 6.07) is 18.6. The first kappa shape index (κ1) is 43.3. The number of likely N-dealkylation sites (tertiary alicyclic amines) is 1. The van der Waals surface area contributed by atoms with E-state index in [1.165, 1.54) is 9.80 Å². The van der Waals surface area contributed by atoms with Gasteiger partial charge in [-0.25, -0.2) is 4.79 Å². The maximum Gasteiger partial charge on any atom is 0.339 e. The van der Waals surface area contributed by atoms with Crippen LogP contribution in [0.3, 0.4) is 0 Å². The van der Waals surface area contributed by atoms with E-state index in [2.05, 4.69) is 73.9 Å². The average Bonchev–Trinajstić information content (AvgIpc) is 3.68. The van der Waals surface area contributed by atoms with E-state index in [4.69, 9.17) is 9.47 Å². The van der Waals surface area contributed by atoms with Gasteiger partial charge in [0.2, 0.25) is 5.91 Å². The second-order valence-corrected chi connectivity index (χ2v) is 16.9. The molecule has 2 amide bonds. The molecule has 2 heterocycles. The summed E-state index contributed by atoms with van der Waals surface area (Å²) in [5, 5.41) is 0. The summed E-state index contributed by atoms with van der Waals surface area (Å²) in [5.74, 6) is -0.0103. The van der Waals surface area contributed by atoms with Gasteiger partial charge in [-0.05, 0) is 83.6 Å². The van der Waals surface area contributed by atoms with Crippen LogP contribution in [0.4, 0.5) is 11.4 Å². The van der Waals surface area contributed by atoms with Gasteiger partial charge in [0, 0.05) is 85.7 Å². The van der Waals surface area contributed by atoms with Gasteiger partial charge in [-0.2, -0.15) is 0 Å². The Bertz CT molecular complexity index is 1870. The number of rotatable bonds is 15. The van der Waals surface area contributed by atoms with Crippen LogP contribution in [0.1, 0.15) is 121 Å². The number of ether oxygens (including phenoxy) is 2. The highest BCUT2D eigenvalue weighted by molar-refractivity contribution is 5.97. The number of nitrogens with zero attached hydrogens (tertiary/aromatic N) is 4. The van der Waals surface area contributed by atoms with E-state index in [0.717, 1.165) is 65.7 Å². The monoisotopic (exact) mass is 780 g/mol. The fraction of sp³-hybridized carbons (Fsp3) is 0.532. The number of Topliss-reactive ketones (excluding diaryl/α,β-unsaturated/α-hetero) is 1. The number of carbonyl (C=O) groups excluding carboxylic acids is 4. The molecule has 5 rings (SSSR count). The highest BCUT2D eigenvalue weighted by atomic mass is 16.5. The van der Waals surface area contributed by atoms with Crippen molar-refractivity contribution < 1.29 is 28.7 Å². The first-order valence-corrected chi connectivity index (χ1v) is 20.9. The van der Waals surface area contributed by atoms with Gasteiger partial charge < -0.3 is 29.1 Å². The van der Waals surface area contributed by atoms with Crippen LogP contribution in [-0.2, 0) is 19.1 Å². The molecule has 2 aliphatic rings. The second kappa shape index (κ2) is 18.2. The number of carbonyl (C=O) groups is 4. The standard InChI is InChI=1S/C47H64N4O6/c1-12-49(13-2)32-22-24-36-40(28-32)57-41-29-33(50(14-3)15-4)23-25-37(41)42(36)34-19-16-17-20-35(34)46(55)56-31(7)44(53)51-26-18-21-38(51)45(54)48(11)39(27-30(5)6)43(52)47(8,9)10/h16-17,19-20,22-25,28-31,38-39,42H,12-15,18,21,26-27H2,1-11H3/t31-,38-,39-/m0/s1. The van der Waals surface area contributed by atoms with Crippen molar-refractivity contribution in [2.24, 2.45) is 11.3 Å². The number of ketones is 1. The summed E-state index contributed by atoms with van der Waals surface area (Å²) in [6.07, 6.45) is 0.499. The van der Waals surface area contributed by atoms with Crippen LogP contribution in [0.2, 0.25) is 0 Å². The highest BCUT2D eigenvalue weighted by Crippen LogP contribution is 2.50. The van der Waals surface area contributed by atoms with Crippen molar-refractivity contribution in [1.29, 1.82) is 0 Å². The van der Waals surface area contributed by atoms with Crippen molar-refractivity contribution in [2.75, 3.05) is 49.6 Å². The van der Waals surface area contributed by atoms with Crippen LogP contribution in [-0.4, -0.2) is 91.3 Å². The third kappa shape index (κ3) is 9.16. The van der Waals surface area contributed by atoms with Crippen LogP contribution < -0.4 is 14.5 Å². The predicted octanol–water partition coefficient (Wildman–Crippen LogP) is 8.69. The molecule has 0 spiro atoms. The molecule has 1 fully saturated rings. The first-order chi connectivity index (χ1) is 27.1. The lowest BCUT2D eigenvalue weighted by Crippen LogP contribution is -2.54. The van der Waals surface area contributed by atoms with Crippen LogP contribution in [0.15, 0.2) is 60.7 Å². The molecule has 0 N–H and O–H groups in total. The molecule has 0 radical (unpaired) electrons. The summed E-state index contributed by atoms with van der Waals surface area (Å²) in [7, 11) is 1.67. The Morgan fingerprint density at radius 2 is 1.35 bits per heavy atom. The van der Waals surface area contributed by atoms with Gasteiger partial charge in [0.1, 0.15) is 17.5 Å². The maximum absolute atomic E-state index is 14.2. The number of benzene rings is 3. The number of likely N-dealkylation sites (N-methyl/N-ethyl adjacent to an activating group) is 1. The van der Waals surface area contributed by atoms with Gasteiger partial charge in [0.15, 0.2) is 11.9 Å². The molecule has 10 nitrogen and oxygen atoms in total. The summed E-state index contributed by atoms with van der Waals surface area (Å²) in [5.41, 5.74) is 4.45. The number of fused-ring (bicyclic) bond motifs is 2. The lowest BCUT2D eigenvalue weighted by Gasteiger charge is -2.36. The third-order valence-corrected chi connectivity index (χ3v) is 11.6. The molecule has 2 aliphatic heterocycles. The van der Waals surface area contributed by atoms with Gasteiger partial charge >= 0.3 is 5.97 Å². The molecule has 3 atom stereocenters. The number of hydrogen-bond acceptors (Lipinski definition) is 8. The zero-order valence-corrected chi connectivity index (χ0v) is 36.1. The van der Waals surface area contributed by atoms with Crippen LogP contribution in [0.25, 0.3) is 0 Å². The zero-order valence-electron chi connectivity index (χ0n) is 36.1. The Labute approximate surface area is 340 Å². The quantitative estimate of drug-likeness (QED) is 0.111. The van der Waals surface area contributed by atoms with E-state index in [0.29, 0.717) is 31.4 Å². The summed E-state index contributed by atoms with van der Waals surface area (Å²) < 4.78 is 12.7. The van der Waals surface area contributed by atoms with Crippen molar-refractivity contribution >= 4 is 34.9 Å². The number of amides is 2. The second-order valence-electron chi connectivity index (χ2n) is 16.9. The number of anilines is 2. The molecular weight excluding hydrogens is 717 g/mol. The van der Waals surface area contributed by atoms with E-state index < -0.39 is 35.5 Å². The largest absolute Gasteiger partial charge is 0.457 e. The van der Waals surface area contributed by atoms with E-state index in [-0.39, 0.29) is 23.5 Å². The maximum atomic E-state index is 14.2. The van der Waals surface area contributed by atoms with E-state index in [1.807, 2.05) is 46.8 Å². The predicted molar refractivity (Wildman–Crippen MR) is 228 cm³/mol. The van der Waals surface area contributed by atoms with Gasteiger partial charge in [-0.15, -0.1) is 0 Å². The smallest absolute Gasteiger partial charge is 0.339 e. The Hall–Kier alpha value is -4.86. The lowest BCUT2D eigenvalue weighted by molar-refractivity contribution is -0.151. The molecule has 10 heteroatoms. The van der Waals surface area contributed by atoms with Crippen molar-refractivity contribution in [1.82, 2.24) is 9.80 Å². The fourth-order valence-electron chi connectivity index (χ4n) is 8.40. The summed E-state index contributed by atoms with van der Waals surface area (Å²) >= 11 is 0. The molecular formula is C47H64N4O6. The number of esters is 1. The first-order valence-electron chi connectivity index (χ1n) is 20.9. The molecule has 3 aromatic carbocycles. The highest BCUT2D eigenvalue weighted by Gasteiger charge is 2.42. The molecule has 0 aliphatic carbocycles. The minimum atomic E-state index is -1.14. The Balaban J connectivity index is 1.44. The molecule has 1 saturated heterocycles. The minimum absolute atomic E-state index is 0.00711. The van der Waals surface area contributed by atoms with Gasteiger partial charge in [-0.3, -0.25) is 14.4 Å². The minimum Gasteiger partial charge on any atom is -0.457 e. The molecule has 0 aromatic heterocycles. The van der Waals surface area contributed by atoms with Gasteiger partial charge in [-0.1, -0.05) is 65.0 Å². The van der Waals surface area contributed by atoms with Crippen molar-refractivity contribution in [3.05, 3.63) is 82.9 Å². The van der Waals surface area contributed by atoms with Gasteiger partial charge in [0.25, 0.3) is 5.91 Å². The Morgan fingerprint density at radius 1 is 0.807 bits per heavy atom. The number of hydrogen-bond donors (Lipinski definition) is 0. The van der Waals surface area contributed by atoms with Crippen LogP contribution in [0, 0.1) is 11.3 Å². The van der Waals surface area contributed by atoms with E-state index in [9.17, 15) is 19.2 Å². The molecule has 57 heavy (non-hydrogen) atoms. The van der Waals surface area contributed by atoms with Crippen LogP contribution in [0.5, 0.6) is 11.5 Å². The third-order valence-electron chi connectivity index (χ3n) is 11.6. The Morgan fingerprint density at radius 3 is 1.86 bits per heavy atom. The molecule has 308 valence electrons. The van der Waals surface area contributed by atoms with Crippen molar-refractivity contribution in [3.63, 3.8) is 0 Å². The van der Waals surface area contributed by atoms with Crippen molar-refractivity contribution in [2.45, 2.75) is 113 Å². The Kier molecular flexibility index (Phi) is 13.8. The van der Waals surface area contributed by atoms with E-state index >= 15 is 0 Å². The molecule has 0 unspecified atom stereocenters. The normalized spacial score (nSPS) is 16.3. The fourth-order valence-corrected chi connectivity index (χ4v) is 8.40. The summed E-state index contributed by atoms with van der Waals surface area (Å²) in [6.45, 7) is 23.5. The summed E-state index contributed by atoms with van der Waals surface area (Å²) in [4.78, 5) is 63.5. The van der Waals surface area contributed by atoms with E-state index in [1.54, 1.807) is 26.1 Å². The van der Waals surface area contributed by atoms with Crippen molar-refractivity contribution in [3.8, 4) is 11.5 Å². The lowest BCUT2D eigenvalue weighted by atomic mass is 9.80.